The lowest BCUT2D eigenvalue weighted by molar-refractivity contribution is -0.271. The number of aliphatic hydroxyl groups is 2. The van der Waals surface area contributed by atoms with Crippen LogP contribution >= 0.6 is 0 Å². The topological polar surface area (TPSA) is 143 Å². The summed E-state index contributed by atoms with van der Waals surface area (Å²) >= 11 is 0. The molecule has 1 spiro atoms. The van der Waals surface area contributed by atoms with Crippen LogP contribution in [0, 0.1) is 0 Å². The Morgan fingerprint density at radius 3 is 2.40 bits per heavy atom. The van der Waals surface area contributed by atoms with Gasteiger partial charge in [-0.3, -0.25) is 0 Å². The quantitative estimate of drug-likeness (QED) is 0.244. The standard InChI is InChI=1S/C32H30O11/c1-30(2,35)21(33)15-38-29-25-20(9-12-37-25)14-18-7-10-32(42-27(18)29)41-22(31(3,4)43-32)16-39-28-24-19(8-11-36-24)13-17-5-6-23(34)40-26(17)28/h5-14,21-22,33,35H,15-16H2,1-4H3/t21?,22-,32+/m0/s1. The first kappa shape index (κ1) is 27.5. The molecule has 5 heterocycles. The molecular weight excluding hydrogens is 560 g/mol. The van der Waals surface area contributed by atoms with Crippen LogP contribution in [0.4, 0.5) is 0 Å². The highest BCUT2D eigenvalue weighted by Gasteiger charge is 2.55. The second-order valence-corrected chi connectivity index (χ2v) is 11.8. The third-order valence-electron chi connectivity index (χ3n) is 7.74. The highest BCUT2D eigenvalue weighted by molar-refractivity contribution is 6.00. The maximum atomic E-state index is 12.0. The van der Waals surface area contributed by atoms with Crippen LogP contribution in [0.3, 0.4) is 0 Å². The Morgan fingerprint density at radius 1 is 0.953 bits per heavy atom. The Morgan fingerprint density at radius 2 is 1.65 bits per heavy atom. The van der Waals surface area contributed by atoms with Gasteiger partial charge >= 0.3 is 11.6 Å². The zero-order valence-corrected chi connectivity index (χ0v) is 23.9. The molecule has 11 heteroatoms. The fraction of sp³-hybridized carbons (Fsp3) is 0.344. The van der Waals surface area contributed by atoms with Crippen LogP contribution in [-0.2, 0) is 9.47 Å². The minimum atomic E-state index is -1.64. The lowest BCUT2D eigenvalue weighted by Crippen LogP contribution is -2.41. The van der Waals surface area contributed by atoms with E-state index in [9.17, 15) is 15.0 Å². The van der Waals surface area contributed by atoms with Gasteiger partial charge in [-0.25, -0.2) is 4.79 Å². The molecule has 224 valence electrons. The van der Waals surface area contributed by atoms with Gasteiger partial charge in [0.05, 0.1) is 23.7 Å². The smallest absolute Gasteiger partial charge is 0.350 e. The second kappa shape index (κ2) is 9.61. The first-order valence-electron chi connectivity index (χ1n) is 13.8. The van der Waals surface area contributed by atoms with E-state index in [4.69, 9.17) is 36.9 Å². The van der Waals surface area contributed by atoms with Gasteiger partial charge in [0.25, 0.3) is 0 Å². The van der Waals surface area contributed by atoms with E-state index < -0.39 is 35.0 Å². The molecule has 43 heavy (non-hydrogen) atoms. The van der Waals surface area contributed by atoms with Gasteiger partial charge in [0, 0.05) is 33.9 Å². The third-order valence-corrected chi connectivity index (χ3v) is 7.74. The summed E-state index contributed by atoms with van der Waals surface area (Å²) in [6.45, 7) is 6.46. The average molecular weight is 591 g/mol. The average Bonchev–Trinajstić information content (AvgIpc) is 3.66. The van der Waals surface area contributed by atoms with Crippen molar-refractivity contribution in [2.24, 2.45) is 0 Å². The molecule has 1 saturated heterocycles. The summed E-state index contributed by atoms with van der Waals surface area (Å²) < 4.78 is 48.2. The molecule has 0 aliphatic carbocycles. The van der Waals surface area contributed by atoms with Gasteiger partial charge in [-0.1, -0.05) is 0 Å². The van der Waals surface area contributed by atoms with E-state index in [0.717, 1.165) is 10.8 Å². The molecule has 11 nitrogen and oxygen atoms in total. The lowest BCUT2D eigenvalue weighted by atomic mass is 10.0. The summed E-state index contributed by atoms with van der Waals surface area (Å²) in [6, 6.07) is 10.3. The van der Waals surface area contributed by atoms with Gasteiger partial charge in [0.15, 0.2) is 22.5 Å². The summed E-state index contributed by atoms with van der Waals surface area (Å²) in [5, 5.41) is 22.9. The SMILES string of the molecule is CC(C)(O)C(O)COc1c2c(cc3ccoc13)C=C[C@]1(O2)O[C@@H](COc2c3occc3cc3ccc(=O)oc23)C(C)(C)O1. The Kier molecular flexibility index (Phi) is 6.16. The molecule has 5 aromatic rings. The molecular formula is C32H30O11. The van der Waals surface area contributed by atoms with Crippen LogP contribution in [-0.4, -0.2) is 52.8 Å². The first-order chi connectivity index (χ1) is 20.4. The van der Waals surface area contributed by atoms with Gasteiger partial charge in [0.1, 0.15) is 25.4 Å². The van der Waals surface area contributed by atoms with Crippen LogP contribution in [0.2, 0.25) is 0 Å². The molecule has 3 aromatic heterocycles. The van der Waals surface area contributed by atoms with Gasteiger partial charge in [-0.2, -0.15) is 0 Å². The van der Waals surface area contributed by atoms with E-state index in [1.165, 1.54) is 32.4 Å². The molecule has 0 saturated carbocycles. The zero-order valence-electron chi connectivity index (χ0n) is 23.9. The van der Waals surface area contributed by atoms with Gasteiger partial charge in [-0.15, -0.1) is 0 Å². The van der Waals surface area contributed by atoms with Crippen LogP contribution in [0.25, 0.3) is 39.0 Å². The van der Waals surface area contributed by atoms with Crippen molar-refractivity contribution in [3.63, 3.8) is 0 Å². The molecule has 7 rings (SSSR count). The molecule has 0 radical (unpaired) electrons. The molecule has 1 fully saturated rings. The lowest BCUT2D eigenvalue weighted by Gasteiger charge is -2.31. The van der Waals surface area contributed by atoms with E-state index in [0.29, 0.717) is 27.9 Å². The molecule has 0 amide bonds. The summed E-state index contributed by atoms with van der Waals surface area (Å²) in [4.78, 5) is 12.0. The third kappa shape index (κ3) is 4.74. The highest BCUT2D eigenvalue weighted by Crippen LogP contribution is 2.49. The van der Waals surface area contributed by atoms with Gasteiger partial charge in [0.2, 0.25) is 11.5 Å². The van der Waals surface area contributed by atoms with Crippen molar-refractivity contribution in [2.75, 3.05) is 13.2 Å². The fourth-order valence-corrected chi connectivity index (χ4v) is 5.22. The van der Waals surface area contributed by atoms with Crippen molar-refractivity contribution in [1.29, 1.82) is 0 Å². The van der Waals surface area contributed by atoms with Crippen molar-refractivity contribution in [3.8, 4) is 17.2 Å². The van der Waals surface area contributed by atoms with E-state index in [1.54, 1.807) is 30.4 Å². The van der Waals surface area contributed by atoms with Crippen LogP contribution < -0.4 is 19.8 Å². The fourth-order valence-electron chi connectivity index (χ4n) is 5.22. The maximum Gasteiger partial charge on any atom is 0.350 e. The Bertz CT molecular complexity index is 1940. The van der Waals surface area contributed by atoms with Crippen LogP contribution in [0.15, 0.2) is 73.0 Å². The zero-order chi connectivity index (χ0) is 30.1. The Hall–Kier alpha value is -4.29. The second-order valence-electron chi connectivity index (χ2n) is 11.8. The van der Waals surface area contributed by atoms with Crippen molar-refractivity contribution >= 4 is 39.0 Å². The monoisotopic (exact) mass is 590 g/mol. The van der Waals surface area contributed by atoms with E-state index in [1.807, 2.05) is 26.0 Å². The summed E-state index contributed by atoms with van der Waals surface area (Å²) in [7, 11) is 0. The van der Waals surface area contributed by atoms with Crippen molar-refractivity contribution in [3.05, 3.63) is 71.0 Å². The number of ether oxygens (including phenoxy) is 5. The number of rotatable bonds is 7. The Balaban J connectivity index is 1.18. The molecule has 1 unspecified atom stereocenters. The van der Waals surface area contributed by atoms with E-state index in [-0.39, 0.29) is 30.3 Å². The van der Waals surface area contributed by atoms with Crippen molar-refractivity contribution < 1.29 is 47.1 Å². The van der Waals surface area contributed by atoms with E-state index >= 15 is 0 Å². The Labute approximate surface area is 244 Å². The molecule has 2 aliphatic rings. The number of hydrogen-bond donors (Lipinski definition) is 2. The number of hydrogen-bond acceptors (Lipinski definition) is 11. The molecule has 2 aliphatic heterocycles. The predicted molar refractivity (Wildman–Crippen MR) is 154 cm³/mol. The number of aliphatic hydroxyl groups excluding tert-OH is 1. The summed E-state index contributed by atoms with van der Waals surface area (Å²) in [5.41, 5.74) is -1.01. The number of fused-ring (bicyclic) bond motifs is 4. The molecule has 3 atom stereocenters. The van der Waals surface area contributed by atoms with Crippen molar-refractivity contribution in [1.82, 2.24) is 0 Å². The highest BCUT2D eigenvalue weighted by atomic mass is 16.9. The van der Waals surface area contributed by atoms with Gasteiger partial charge in [-0.05, 0) is 64.1 Å². The largest absolute Gasteiger partial charge is 0.483 e. The minimum absolute atomic E-state index is 0.00464. The first-order valence-corrected chi connectivity index (χ1v) is 13.8. The number of benzene rings is 2. The normalized spacial score (nSPS) is 21.9. The van der Waals surface area contributed by atoms with Crippen molar-refractivity contribution in [2.45, 2.75) is 57.1 Å². The summed E-state index contributed by atoms with van der Waals surface area (Å²) in [5.74, 6) is -0.829. The van der Waals surface area contributed by atoms with E-state index in [2.05, 4.69) is 0 Å². The molecule has 2 aromatic carbocycles. The minimum Gasteiger partial charge on any atom is -0.483 e. The predicted octanol–water partition coefficient (Wildman–Crippen LogP) is 5.13. The number of furan rings is 2. The molecule has 2 N–H and O–H groups in total. The summed E-state index contributed by atoms with van der Waals surface area (Å²) in [6.07, 6.45) is 4.70. The van der Waals surface area contributed by atoms with Crippen LogP contribution in [0.5, 0.6) is 17.2 Å². The van der Waals surface area contributed by atoms with Crippen LogP contribution in [0.1, 0.15) is 33.3 Å². The molecule has 0 bridgehead atoms. The van der Waals surface area contributed by atoms with Gasteiger partial charge < -0.3 is 47.1 Å². The maximum absolute atomic E-state index is 12.0.